The van der Waals surface area contributed by atoms with E-state index in [0.29, 0.717) is 17.3 Å². The highest BCUT2D eigenvalue weighted by molar-refractivity contribution is 5.85. The van der Waals surface area contributed by atoms with Crippen molar-refractivity contribution in [3.63, 3.8) is 0 Å². The second kappa shape index (κ2) is 8.11. The Labute approximate surface area is 165 Å². The van der Waals surface area contributed by atoms with E-state index < -0.39 is 0 Å². The number of anilines is 1. The molecule has 1 unspecified atom stereocenters. The van der Waals surface area contributed by atoms with Crippen molar-refractivity contribution < 1.29 is 0 Å². The fourth-order valence-corrected chi connectivity index (χ4v) is 3.54. The van der Waals surface area contributed by atoms with Gasteiger partial charge in [-0.1, -0.05) is 32.0 Å². The second-order valence-electron chi connectivity index (χ2n) is 7.17. The molecule has 1 fully saturated rings. The minimum absolute atomic E-state index is 0. The molecule has 0 spiro atoms. The average molecular weight is 385 g/mol. The van der Waals surface area contributed by atoms with E-state index in [9.17, 15) is 4.79 Å². The van der Waals surface area contributed by atoms with E-state index in [2.05, 4.69) is 36.6 Å². The summed E-state index contributed by atoms with van der Waals surface area (Å²) in [6, 6.07) is 14.3. The summed E-state index contributed by atoms with van der Waals surface area (Å²) in [7, 11) is 0. The average Bonchev–Trinajstić information content (AvgIpc) is 3.15. The van der Waals surface area contributed by atoms with E-state index in [0.717, 1.165) is 36.5 Å². The lowest BCUT2D eigenvalue weighted by Crippen LogP contribution is -2.22. The summed E-state index contributed by atoms with van der Waals surface area (Å²) in [5.74, 6) is 0.172. The minimum atomic E-state index is -0.0139. The maximum absolute atomic E-state index is 13.1. The first-order valence-electron chi connectivity index (χ1n) is 9.22. The van der Waals surface area contributed by atoms with E-state index in [1.807, 2.05) is 30.3 Å². The highest BCUT2D eigenvalue weighted by Crippen LogP contribution is 2.26. The first-order chi connectivity index (χ1) is 12.6. The number of rotatable bonds is 4. The highest BCUT2D eigenvalue weighted by Gasteiger charge is 2.18. The summed E-state index contributed by atoms with van der Waals surface area (Å²) < 4.78 is 1.62. The highest BCUT2D eigenvalue weighted by atomic mass is 35.5. The topological polar surface area (TPSA) is 58.4 Å². The number of hydrogen-bond acceptors (Lipinski definition) is 4. The van der Waals surface area contributed by atoms with Gasteiger partial charge in [0.1, 0.15) is 5.65 Å². The zero-order valence-corrected chi connectivity index (χ0v) is 16.4. The Kier molecular flexibility index (Phi) is 5.82. The van der Waals surface area contributed by atoms with Gasteiger partial charge in [0.05, 0.1) is 11.3 Å². The zero-order chi connectivity index (χ0) is 18.1. The molecule has 3 aromatic rings. The van der Waals surface area contributed by atoms with Gasteiger partial charge in [0.15, 0.2) is 0 Å². The van der Waals surface area contributed by atoms with Crippen molar-refractivity contribution in [1.82, 2.24) is 14.7 Å². The van der Waals surface area contributed by atoms with Crippen LogP contribution in [-0.2, 0) is 0 Å². The van der Waals surface area contributed by atoms with Crippen LogP contribution in [0, 0.1) is 0 Å². The predicted octanol–water partition coefficient (Wildman–Crippen LogP) is 3.68. The van der Waals surface area contributed by atoms with Crippen LogP contribution in [0.25, 0.3) is 16.8 Å². The first kappa shape index (κ1) is 19.4. The SMILES string of the molecule is CC(C)c1nc2ccccn2c(=O)c1-c1ccc(NC2CCNC2)cc1.Cl. The van der Waals surface area contributed by atoms with E-state index in [1.54, 1.807) is 10.6 Å². The Bertz CT molecular complexity index is 976. The number of benzene rings is 1. The molecular weight excluding hydrogens is 360 g/mol. The summed E-state index contributed by atoms with van der Waals surface area (Å²) in [5.41, 5.74) is 4.22. The number of hydrogen-bond donors (Lipinski definition) is 2. The number of nitrogens with zero attached hydrogens (tertiary/aromatic N) is 2. The lowest BCUT2D eigenvalue weighted by Gasteiger charge is -2.15. The molecule has 1 aliphatic rings. The van der Waals surface area contributed by atoms with E-state index in [4.69, 9.17) is 4.98 Å². The molecular formula is C21H25ClN4O. The predicted molar refractivity (Wildman–Crippen MR) is 113 cm³/mol. The molecule has 1 atom stereocenters. The third-order valence-corrected chi connectivity index (χ3v) is 4.91. The quantitative estimate of drug-likeness (QED) is 0.720. The zero-order valence-electron chi connectivity index (χ0n) is 15.6. The fourth-order valence-electron chi connectivity index (χ4n) is 3.54. The third-order valence-electron chi connectivity index (χ3n) is 4.91. The lowest BCUT2D eigenvalue weighted by atomic mass is 9.98. The Hall–Kier alpha value is -2.37. The molecule has 0 saturated carbocycles. The van der Waals surface area contributed by atoms with Gasteiger partial charge in [-0.3, -0.25) is 9.20 Å². The monoisotopic (exact) mass is 384 g/mol. The molecule has 0 aliphatic carbocycles. The summed E-state index contributed by atoms with van der Waals surface area (Å²) in [4.78, 5) is 17.9. The van der Waals surface area contributed by atoms with Gasteiger partial charge in [-0.25, -0.2) is 4.98 Å². The molecule has 3 heterocycles. The number of halogens is 1. The summed E-state index contributed by atoms with van der Waals surface area (Å²) in [6.45, 7) is 6.21. The Balaban J connectivity index is 0.00000210. The molecule has 1 aliphatic heterocycles. The molecule has 5 nitrogen and oxygen atoms in total. The van der Waals surface area contributed by atoms with Gasteiger partial charge in [0.2, 0.25) is 0 Å². The maximum Gasteiger partial charge on any atom is 0.266 e. The van der Waals surface area contributed by atoms with Crippen LogP contribution in [0.15, 0.2) is 53.5 Å². The molecule has 1 saturated heterocycles. The molecule has 0 radical (unpaired) electrons. The summed E-state index contributed by atoms with van der Waals surface area (Å²) in [6.07, 6.45) is 2.91. The van der Waals surface area contributed by atoms with Crippen molar-refractivity contribution in [2.75, 3.05) is 18.4 Å². The molecule has 0 bridgehead atoms. The maximum atomic E-state index is 13.1. The van der Waals surface area contributed by atoms with Gasteiger partial charge < -0.3 is 10.6 Å². The van der Waals surface area contributed by atoms with Crippen LogP contribution in [0.5, 0.6) is 0 Å². The Morgan fingerprint density at radius 1 is 1.19 bits per heavy atom. The Morgan fingerprint density at radius 2 is 1.96 bits per heavy atom. The van der Waals surface area contributed by atoms with Crippen LogP contribution in [-0.4, -0.2) is 28.5 Å². The van der Waals surface area contributed by atoms with Gasteiger partial charge in [-0.05, 0) is 48.7 Å². The molecule has 6 heteroatoms. The minimum Gasteiger partial charge on any atom is -0.381 e. The van der Waals surface area contributed by atoms with Crippen molar-refractivity contribution in [2.24, 2.45) is 0 Å². The van der Waals surface area contributed by atoms with Crippen LogP contribution in [0.1, 0.15) is 31.9 Å². The smallest absolute Gasteiger partial charge is 0.266 e. The van der Waals surface area contributed by atoms with Crippen molar-refractivity contribution in [3.05, 3.63) is 64.7 Å². The normalized spacial score (nSPS) is 16.5. The largest absolute Gasteiger partial charge is 0.381 e. The van der Waals surface area contributed by atoms with Crippen molar-refractivity contribution in [3.8, 4) is 11.1 Å². The van der Waals surface area contributed by atoms with Gasteiger partial charge in [0, 0.05) is 24.5 Å². The number of aromatic nitrogens is 2. The molecule has 2 aromatic heterocycles. The fraction of sp³-hybridized carbons (Fsp3) is 0.333. The van der Waals surface area contributed by atoms with Crippen LogP contribution < -0.4 is 16.2 Å². The molecule has 1 aromatic carbocycles. The standard InChI is InChI=1S/C21H24N4O.ClH/c1-14(2)20-19(21(26)25-12-4-3-5-18(25)24-20)15-6-8-16(9-7-15)23-17-10-11-22-13-17;/h3-9,12,14,17,22-23H,10-11,13H2,1-2H3;1H. The summed E-state index contributed by atoms with van der Waals surface area (Å²) >= 11 is 0. The van der Waals surface area contributed by atoms with E-state index in [-0.39, 0.29) is 23.9 Å². The van der Waals surface area contributed by atoms with Crippen LogP contribution in [0.4, 0.5) is 5.69 Å². The van der Waals surface area contributed by atoms with Gasteiger partial charge in [0.25, 0.3) is 5.56 Å². The number of fused-ring (bicyclic) bond motifs is 1. The van der Waals surface area contributed by atoms with Crippen molar-refractivity contribution in [1.29, 1.82) is 0 Å². The van der Waals surface area contributed by atoms with Crippen molar-refractivity contribution >= 4 is 23.7 Å². The van der Waals surface area contributed by atoms with Gasteiger partial charge >= 0.3 is 0 Å². The second-order valence-corrected chi connectivity index (χ2v) is 7.17. The number of pyridine rings is 1. The lowest BCUT2D eigenvalue weighted by molar-refractivity contribution is 0.793. The Morgan fingerprint density at radius 3 is 2.63 bits per heavy atom. The van der Waals surface area contributed by atoms with Crippen LogP contribution in [0.2, 0.25) is 0 Å². The summed E-state index contributed by atoms with van der Waals surface area (Å²) in [5, 5.41) is 6.90. The van der Waals surface area contributed by atoms with Crippen LogP contribution >= 0.6 is 12.4 Å². The number of nitrogens with one attached hydrogen (secondary N) is 2. The third kappa shape index (κ3) is 3.84. The van der Waals surface area contributed by atoms with Gasteiger partial charge in [-0.2, -0.15) is 0 Å². The van der Waals surface area contributed by atoms with Gasteiger partial charge in [-0.15, -0.1) is 12.4 Å². The van der Waals surface area contributed by atoms with Crippen molar-refractivity contribution in [2.45, 2.75) is 32.2 Å². The first-order valence-corrected chi connectivity index (χ1v) is 9.22. The molecule has 0 amide bonds. The molecule has 27 heavy (non-hydrogen) atoms. The molecule has 2 N–H and O–H groups in total. The van der Waals surface area contributed by atoms with Crippen LogP contribution in [0.3, 0.4) is 0 Å². The van der Waals surface area contributed by atoms with E-state index in [1.165, 1.54) is 0 Å². The van der Waals surface area contributed by atoms with E-state index >= 15 is 0 Å². The molecule has 4 rings (SSSR count). The molecule has 142 valence electrons.